The van der Waals surface area contributed by atoms with Crippen molar-refractivity contribution in [2.24, 2.45) is 17.4 Å². The van der Waals surface area contributed by atoms with Crippen LogP contribution in [-0.4, -0.2) is 24.3 Å². The molecule has 0 radical (unpaired) electrons. The topological polar surface area (TPSA) is 61.3 Å². The Morgan fingerprint density at radius 2 is 2.00 bits per heavy atom. The molecule has 84 valence electrons. The van der Waals surface area contributed by atoms with Crippen LogP contribution < -0.4 is 11.5 Å². The normalized spacial score (nSPS) is 36.0. The summed E-state index contributed by atoms with van der Waals surface area (Å²) in [4.78, 5) is 0. The fraction of sp³-hybridized carbons (Fsp3) is 1.00. The van der Waals surface area contributed by atoms with Crippen molar-refractivity contribution < 1.29 is 4.74 Å². The second-order valence-corrected chi connectivity index (χ2v) is 4.70. The highest BCUT2D eigenvalue weighted by Crippen LogP contribution is 2.25. The molecule has 0 saturated carbocycles. The van der Waals surface area contributed by atoms with E-state index < -0.39 is 0 Å². The van der Waals surface area contributed by atoms with Crippen LogP contribution in [0, 0.1) is 5.92 Å². The molecule has 1 aliphatic rings. The average molecular weight is 200 g/mol. The second kappa shape index (κ2) is 5.10. The number of ether oxygens (including phenoxy) is 1. The summed E-state index contributed by atoms with van der Waals surface area (Å²) in [6, 6.07) is 0.360. The number of hydrogen-bond acceptors (Lipinski definition) is 3. The van der Waals surface area contributed by atoms with E-state index in [2.05, 4.69) is 20.8 Å². The Labute approximate surface area is 87.2 Å². The highest BCUT2D eigenvalue weighted by molar-refractivity contribution is 4.87. The molecule has 1 heterocycles. The van der Waals surface area contributed by atoms with Crippen molar-refractivity contribution >= 4 is 0 Å². The molecule has 1 aliphatic heterocycles. The third kappa shape index (κ3) is 2.69. The summed E-state index contributed by atoms with van der Waals surface area (Å²) in [5, 5.41) is 0. The van der Waals surface area contributed by atoms with E-state index >= 15 is 0 Å². The van der Waals surface area contributed by atoms with Crippen LogP contribution in [0.25, 0.3) is 0 Å². The van der Waals surface area contributed by atoms with Gasteiger partial charge in [-0.25, -0.2) is 0 Å². The van der Waals surface area contributed by atoms with Gasteiger partial charge in [0.15, 0.2) is 0 Å². The summed E-state index contributed by atoms with van der Waals surface area (Å²) in [6.45, 7) is 6.42. The lowest BCUT2D eigenvalue weighted by molar-refractivity contribution is -0.0910. The van der Waals surface area contributed by atoms with Gasteiger partial charge in [-0.1, -0.05) is 20.8 Å². The minimum Gasteiger partial charge on any atom is -0.371 e. The molecule has 4 N–H and O–H groups in total. The standard InChI is InChI=1S/C11H24N2O/c1-4-8(12)10-6-5-9(13)11(14-10)7(2)3/h7-11H,4-6,12-13H2,1-3H3/t8-,9+,10-,11+/m0/s1. The molecule has 0 aromatic rings. The Morgan fingerprint density at radius 3 is 2.50 bits per heavy atom. The van der Waals surface area contributed by atoms with Gasteiger partial charge >= 0.3 is 0 Å². The summed E-state index contributed by atoms with van der Waals surface area (Å²) in [5.74, 6) is 0.483. The fourth-order valence-corrected chi connectivity index (χ4v) is 2.12. The van der Waals surface area contributed by atoms with Crippen molar-refractivity contribution in [1.29, 1.82) is 0 Å². The van der Waals surface area contributed by atoms with Crippen LogP contribution in [0.1, 0.15) is 40.0 Å². The first-order valence-electron chi connectivity index (χ1n) is 5.72. The minimum absolute atomic E-state index is 0.170. The van der Waals surface area contributed by atoms with Crippen LogP contribution in [0.2, 0.25) is 0 Å². The Balaban J connectivity index is 2.53. The molecule has 1 saturated heterocycles. The first kappa shape index (κ1) is 12.0. The molecule has 14 heavy (non-hydrogen) atoms. The zero-order valence-corrected chi connectivity index (χ0v) is 9.57. The molecule has 0 amide bonds. The predicted molar refractivity (Wildman–Crippen MR) is 59.0 cm³/mol. The predicted octanol–water partition coefficient (Wildman–Crippen LogP) is 1.25. The van der Waals surface area contributed by atoms with Gasteiger partial charge in [-0.15, -0.1) is 0 Å². The van der Waals surface area contributed by atoms with E-state index in [1.165, 1.54) is 0 Å². The molecular formula is C11H24N2O. The number of nitrogens with two attached hydrogens (primary N) is 2. The van der Waals surface area contributed by atoms with Crippen LogP contribution in [0.15, 0.2) is 0 Å². The van der Waals surface area contributed by atoms with Crippen LogP contribution in [0.3, 0.4) is 0 Å². The summed E-state index contributed by atoms with van der Waals surface area (Å²) < 4.78 is 5.96. The third-order valence-corrected chi connectivity index (χ3v) is 3.14. The maximum absolute atomic E-state index is 6.02. The van der Waals surface area contributed by atoms with E-state index in [1.54, 1.807) is 0 Å². The van der Waals surface area contributed by atoms with Gasteiger partial charge in [-0.3, -0.25) is 0 Å². The second-order valence-electron chi connectivity index (χ2n) is 4.70. The quantitative estimate of drug-likeness (QED) is 0.721. The van der Waals surface area contributed by atoms with Gasteiger partial charge in [0.2, 0.25) is 0 Å². The lowest BCUT2D eigenvalue weighted by Crippen LogP contribution is -2.51. The summed E-state index contributed by atoms with van der Waals surface area (Å²) in [5.41, 5.74) is 12.0. The molecule has 0 aromatic carbocycles. The Bertz CT molecular complexity index is 173. The van der Waals surface area contributed by atoms with Crippen molar-refractivity contribution in [3.8, 4) is 0 Å². The van der Waals surface area contributed by atoms with Gasteiger partial charge in [-0.05, 0) is 25.2 Å². The summed E-state index contributed by atoms with van der Waals surface area (Å²) in [7, 11) is 0. The molecule has 0 spiro atoms. The molecule has 4 atom stereocenters. The van der Waals surface area contributed by atoms with Crippen LogP contribution in [0.4, 0.5) is 0 Å². The molecule has 3 nitrogen and oxygen atoms in total. The van der Waals surface area contributed by atoms with Gasteiger partial charge in [0.25, 0.3) is 0 Å². The largest absolute Gasteiger partial charge is 0.371 e. The third-order valence-electron chi connectivity index (χ3n) is 3.14. The van der Waals surface area contributed by atoms with Gasteiger partial charge in [0, 0.05) is 12.1 Å². The Hall–Kier alpha value is -0.120. The first-order chi connectivity index (χ1) is 6.56. The lowest BCUT2D eigenvalue weighted by Gasteiger charge is -2.39. The van der Waals surface area contributed by atoms with E-state index in [9.17, 15) is 0 Å². The lowest BCUT2D eigenvalue weighted by atomic mass is 9.90. The molecular weight excluding hydrogens is 176 g/mol. The fourth-order valence-electron chi connectivity index (χ4n) is 2.12. The first-order valence-corrected chi connectivity index (χ1v) is 5.72. The van der Waals surface area contributed by atoms with E-state index in [-0.39, 0.29) is 24.3 Å². The smallest absolute Gasteiger partial charge is 0.0753 e. The minimum atomic E-state index is 0.170. The van der Waals surface area contributed by atoms with Gasteiger partial charge < -0.3 is 16.2 Å². The summed E-state index contributed by atoms with van der Waals surface area (Å²) >= 11 is 0. The average Bonchev–Trinajstić information content (AvgIpc) is 2.17. The Morgan fingerprint density at radius 1 is 1.36 bits per heavy atom. The highest BCUT2D eigenvalue weighted by Gasteiger charge is 2.32. The van der Waals surface area contributed by atoms with E-state index in [0.29, 0.717) is 5.92 Å². The van der Waals surface area contributed by atoms with Crippen LogP contribution in [0.5, 0.6) is 0 Å². The summed E-state index contributed by atoms with van der Waals surface area (Å²) in [6.07, 6.45) is 3.43. The SMILES string of the molecule is CC[C@H](N)[C@@H]1CC[C@@H](N)[C@@H](C(C)C)O1. The van der Waals surface area contributed by atoms with E-state index in [0.717, 1.165) is 19.3 Å². The number of rotatable bonds is 3. The highest BCUT2D eigenvalue weighted by atomic mass is 16.5. The molecule has 0 unspecified atom stereocenters. The monoisotopic (exact) mass is 200 g/mol. The van der Waals surface area contributed by atoms with Crippen molar-refractivity contribution in [1.82, 2.24) is 0 Å². The molecule has 0 aliphatic carbocycles. The van der Waals surface area contributed by atoms with E-state index in [4.69, 9.17) is 16.2 Å². The van der Waals surface area contributed by atoms with Crippen molar-refractivity contribution in [2.75, 3.05) is 0 Å². The van der Waals surface area contributed by atoms with Gasteiger partial charge in [0.05, 0.1) is 12.2 Å². The van der Waals surface area contributed by atoms with Gasteiger partial charge in [-0.2, -0.15) is 0 Å². The zero-order chi connectivity index (χ0) is 10.7. The van der Waals surface area contributed by atoms with Crippen molar-refractivity contribution in [3.05, 3.63) is 0 Å². The van der Waals surface area contributed by atoms with Crippen molar-refractivity contribution in [3.63, 3.8) is 0 Å². The maximum Gasteiger partial charge on any atom is 0.0753 e. The Kier molecular flexibility index (Phi) is 4.35. The van der Waals surface area contributed by atoms with Crippen LogP contribution >= 0.6 is 0 Å². The number of hydrogen-bond donors (Lipinski definition) is 2. The zero-order valence-electron chi connectivity index (χ0n) is 9.57. The molecule has 1 rings (SSSR count). The molecule has 3 heteroatoms. The van der Waals surface area contributed by atoms with Crippen LogP contribution in [-0.2, 0) is 4.74 Å². The van der Waals surface area contributed by atoms with Gasteiger partial charge in [0.1, 0.15) is 0 Å². The molecule has 1 fully saturated rings. The maximum atomic E-state index is 6.02. The molecule has 0 bridgehead atoms. The molecule has 0 aromatic heterocycles. The van der Waals surface area contributed by atoms with E-state index in [1.807, 2.05) is 0 Å². The van der Waals surface area contributed by atoms with Crippen molar-refractivity contribution in [2.45, 2.75) is 64.3 Å².